The lowest BCUT2D eigenvalue weighted by atomic mass is 10.1. The van der Waals surface area contributed by atoms with E-state index in [1.807, 2.05) is 31.2 Å². The number of benzene rings is 2. The highest BCUT2D eigenvalue weighted by Gasteiger charge is 2.35. The minimum Gasteiger partial charge on any atom is -0.492 e. The molecule has 0 aromatic heterocycles. The van der Waals surface area contributed by atoms with Crippen molar-refractivity contribution in [1.82, 2.24) is 10.2 Å². The summed E-state index contributed by atoms with van der Waals surface area (Å²) in [4.78, 5) is 37.9. The molecule has 0 saturated carbocycles. The van der Waals surface area contributed by atoms with Crippen molar-refractivity contribution >= 4 is 17.7 Å². The summed E-state index contributed by atoms with van der Waals surface area (Å²) in [5.41, 5.74) is 2.02. The van der Waals surface area contributed by atoms with Gasteiger partial charge in [-0.25, -0.2) is 0 Å². The van der Waals surface area contributed by atoms with Gasteiger partial charge < -0.3 is 10.1 Å². The topological polar surface area (TPSA) is 75.7 Å². The molecule has 0 saturated heterocycles. The Hall–Kier alpha value is -3.41. The molecule has 27 heavy (non-hydrogen) atoms. The van der Waals surface area contributed by atoms with Crippen LogP contribution in [0.3, 0.4) is 0 Å². The third kappa shape index (κ3) is 3.89. The van der Waals surface area contributed by atoms with Crippen LogP contribution in [0, 0.1) is 6.92 Å². The van der Waals surface area contributed by atoms with E-state index in [1.54, 1.807) is 0 Å². The van der Waals surface area contributed by atoms with E-state index in [9.17, 15) is 14.4 Å². The van der Waals surface area contributed by atoms with Crippen LogP contribution in [-0.4, -0.2) is 42.3 Å². The number of aryl methyl sites for hydroxylation is 1. The predicted octanol–water partition coefficient (Wildman–Crippen LogP) is 2.59. The van der Waals surface area contributed by atoms with E-state index in [4.69, 9.17) is 4.74 Å². The molecule has 2 aromatic rings. The molecule has 0 spiro atoms. The smallest absolute Gasteiger partial charge is 0.261 e. The fraction of sp³-hybridized carbons (Fsp3) is 0.190. The minimum absolute atomic E-state index is 0.143. The van der Waals surface area contributed by atoms with Crippen molar-refractivity contribution in [3.8, 4) is 5.75 Å². The molecular weight excluding hydrogens is 344 g/mol. The first kappa shape index (κ1) is 18.4. The summed E-state index contributed by atoms with van der Waals surface area (Å²) in [5, 5.41) is 2.74. The van der Waals surface area contributed by atoms with Crippen molar-refractivity contribution in [2.45, 2.75) is 6.92 Å². The number of carbonyl (C=O) groups excluding carboxylic acids is 3. The summed E-state index contributed by atoms with van der Waals surface area (Å²) in [6.07, 6.45) is 1.49. The second-order valence-electron chi connectivity index (χ2n) is 6.19. The second-order valence-corrected chi connectivity index (χ2v) is 6.19. The van der Waals surface area contributed by atoms with Crippen LogP contribution in [0.5, 0.6) is 5.75 Å². The number of hydrogen-bond donors (Lipinski definition) is 1. The van der Waals surface area contributed by atoms with Crippen LogP contribution in [0.1, 0.15) is 36.6 Å². The zero-order valence-electron chi connectivity index (χ0n) is 15.0. The molecule has 1 heterocycles. The molecule has 3 rings (SSSR count). The van der Waals surface area contributed by atoms with E-state index in [0.29, 0.717) is 24.3 Å². The zero-order chi connectivity index (χ0) is 19.4. The number of carbonyl (C=O) groups is 3. The first-order chi connectivity index (χ1) is 13.0. The highest BCUT2D eigenvalue weighted by Crippen LogP contribution is 2.24. The maximum absolute atomic E-state index is 12.3. The molecule has 0 atom stereocenters. The Kier molecular flexibility index (Phi) is 5.35. The molecule has 1 aliphatic rings. The number of nitrogens with zero attached hydrogens (tertiary/aromatic N) is 1. The summed E-state index contributed by atoms with van der Waals surface area (Å²) in [5.74, 6) is -0.368. The minimum atomic E-state index is -0.410. The number of fused-ring (bicyclic) bond motifs is 1. The van der Waals surface area contributed by atoms with Gasteiger partial charge in [-0.05, 0) is 37.3 Å². The van der Waals surface area contributed by atoms with Crippen LogP contribution < -0.4 is 10.1 Å². The third-order valence-electron chi connectivity index (χ3n) is 4.22. The van der Waals surface area contributed by atoms with Gasteiger partial charge in [0.25, 0.3) is 17.7 Å². The van der Waals surface area contributed by atoms with Gasteiger partial charge in [-0.1, -0.05) is 23.8 Å². The van der Waals surface area contributed by atoms with Gasteiger partial charge in [0.05, 0.1) is 17.7 Å². The van der Waals surface area contributed by atoms with Gasteiger partial charge in [-0.3, -0.25) is 19.3 Å². The summed E-state index contributed by atoms with van der Waals surface area (Å²) < 4.78 is 5.56. The fourth-order valence-electron chi connectivity index (χ4n) is 2.80. The highest BCUT2D eigenvalue weighted by molar-refractivity contribution is 6.22. The van der Waals surface area contributed by atoms with E-state index in [1.165, 1.54) is 24.3 Å². The van der Waals surface area contributed by atoms with E-state index in [-0.39, 0.29) is 23.9 Å². The summed E-state index contributed by atoms with van der Waals surface area (Å²) in [6.45, 7) is 6.33. The van der Waals surface area contributed by atoms with Gasteiger partial charge in [0.15, 0.2) is 0 Å². The highest BCUT2D eigenvalue weighted by atomic mass is 16.5. The normalized spacial score (nSPS) is 12.7. The van der Waals surface area contributed by atoms with Crippen molar-refractivity contribution in [1.29, 1.82) is 0 Å². The Labute approximate surface area is 157 Å². The van der Waals surface area contributed by atoms with Crippen molar-refractivity contribution in [3.63, 3.8) is 0 Å². The molecule has 6 heteroatoms. The Morgan fingerprint density at radius 3 is 2.52 bits per heavy atom. The molecule has 138 valence electrons. The van der Waals surface area contributed by atoms with Crippen molar-refractivity contribution < 1.29 is 19.1 Å². The molecule has 0 aliphatic carbocycles. The first-order valence-corrected chi connectivity index (χ1v) is 8.60. The molecular formula is C21H20N2O4. The monoisotopic (exact) mass is 364 g/mol. The Morgan fingerprint density at radius 2 is 1.81 bits per heavy atom. The van der Waals surface area contributed by atoms with Gasteiger partial charge in [0.1, 0.15) is 12.4 Å². The number of amides is 3. The molecule has 0 bridgehead atoms. The van der Waals surface area contributed by atoms with Crippen LogP contribution in [0.2, 0.25) is 0 Å². The maximum Gasteiger partial charge on any atom is 0.261 e. The lowest BCUT2D eigenvalue weighted by Gasteiger charge is -2.09. The van der Waals surface area contributed by atoms with E-state index >= 15 is 0 Å². The summed E-state index contributed by atoms with van der Waals surface area (Å²) in [6, 6.07) is 12.1. The Bertz CT molecular complexity index is 903. The van der Waals surface area contributed by atoms with Gasteiger partial charge in [0.2, 0.25) is 0 Å². The van der Waals surface area contributed by atoms with Crippen LogP contribution >= 0.6 is 0 Å². The molecule has 1 aliphatic heterocycles. The Morgan fingerprint density at radius 1 is 1.11 bits per heavy atom. The average molecular weight is 364 g/mol. The zero-order valence-corrected chi connectivity index (χ0v) is 15.0. The molecule has 6 nitrogen and oxygen atoms in total. The van der Waals surface area contributed by atoms with Crippen LogP contribution in [0.15, 0.2) is 55.1 Å². The largest absolute Gasteiger partial charge is 0.492 e. The lowest BCUT2D eigenvalue weighted by molar-refractivity contribution is 0.0672. The molecule has 0 fully saturated rings. The standard InChI is InChI=1S/C21H20N2O4/c1-3-11-23-20(25)17-9-6-15(13-18(17)21(23)26)19(24)22-10-12-27-16-7-4-14(2)5-8-16/h3-9,13H,1,10-12H2,2H3,(H,22,24). The Balaban J connectivity index is 1.58. The van der Waals surface area contributed by atoms with Crippen LogP contribution in [0.25, 0.3) is 0 Å². The number of nitrogens with one attached hydrogen (secondary N) is 1. The number of imide groups is 1. The predicted molar refractivity (Wildman–Crippen MR) is 101 cm³/mol. The maximum atomic E-state index is 12.3. The van der Waals surface area contributed by atoms with Gasteiger partial charge in [-0.2, -0.15) is 0 Å². The molecule has 3 amide bonds. The average Bonchev–Trinajstić information content (AvgIpc) is 2.91. The summed E-state index contributed by atoms with van der Waals surface area (Å²) >= 11 is 0. The van der Waals surface area contributed by atoms with Crippen LogP contribution in [0.4, 0.5) is 0 Å². The SMILES string of the molecule is C=CCN1C(=O)c2ccc(C(=O)NCCOc3ccc(C)cc3)cc2C1=O. The van der Waals surface area contributed by atoms with Crippen molar-refractivity contribution in [2.75, 3.05) is 19.7 Å². The van der Waals surface area contributed by atoms with E-state index in [2.05, 4.69) is 11.9 Å². The number of ether oxygens (including phenoxy) is 1. The van der Waals surface area contributed by atoms with Crippen LogP contribution in [-0.2, 0) is 0 Å². The van der Waals surface area contributed by atoms with Crippen molar-refractivity contribution in [3.05, 3.63) is 77.4 Å². The molecule has 0 radical (unpaired) electrons. The number of rotatable bonds is 7. The quantitative estimate of drug-likeness (QED) is 0.465. The third-order valence-corrected chi connectivity index (χ3v) is 4.22. The summed E-state index contributed by atoms with van der Waals surface area (Å²) in [7, 11) is 0. The molecule has 1 N–H and O–H groups in total. The molecule has 2 aromatic carbocycles. The fourth-order valence-corrected chi connectivity index (χ4v) is 2.80. The van der Waals surface area contributed by atoms with E-state index in [0.717, 1.165) is 16.2 Å². The van der Waals surface area contributed by atoms with E-state index < -0.39 is 5.91 Å². The van der Waals surface area contributed by atoms with Gasteiger partial charge in [0, 0.05) is 12.1 Å². The molecule has 0 unspecified atom stereocenters. The van der Waals surface area contributed by atoms with Crippen molar-refractivity contribution in [2.24, 2.45) is 0 Å². The first-order valence-electron chi connectivity index (χ1n) is 8.60. The van der Waals surface area contributed by atoms with Gasteiger partial charge in [-0.15, -0.1) is 6.58 Å². The number of hydrogen-bond acceptors (Lipinski definition) is 4. The van der Waals surface area contributed by atoms with Gasteiger partial charge >= 0.3 is 0 Å². The second kappa shape index (κ2) is 7.86. The lowest BCUT2D eigenvalue weighted by Crippen LogP contribution is -2.29.